The second-order valence-corrected chi connectivity index (χ2v) is 5.97. The maximum absolute atomic E-state index is 5.88. The predicted octanol–water partition coefficient (Wildman–Crippen LogP) is 2.95. The Labute approximate surface area is 125 Å². The Morgan fingerprint density at radius 2 is 2.00 bits per heavy atom. The number of nitrogens with zero attached hydrogens (tertiary/aromatic N) is 2. The molecule has 1 aliphatic heterocycles. The maximum atomic E-state index is 5.88. The first-order valence-electron chi connectivity index (χ1n) is 5.43. The standard InChI is InChI=1S/C11H15Br2N3.ClH/c12-8-5-10(13)11(15-6-8)7-16-3-1-9(14)2-4-16;/h5-6,9H,1-4,7,14H2;1H. The Kier molecular flexibility index (Phi) is 6.37. The quantitative estimate of drug-likeness (QED) is 0.851. The van der Waals surface area contributed by atoms with Gasteiger partial charge in [0.15, 0.2) is 0 Å². The van der Waals surface area contributed by atoms with Gasteiger partial charge in [0.25, 0.3) is 0 Å². The molecular formula is C11H16Br2ClN3. The number of aromatic nitrogens is 1. The largest absolute Gasteiger partial charge is 0.328 e. The molecule has 1 fully saturated rings. The summed E-state index contributed by atoms with van der Waals surface area (Å²) in [6, 6.07) is 2.43. The molecule has 2 heterocycles. The molecule has 0 unspecified atom stereocenters. The maximum Gasteiger partial charge on any atom is 0.0686 e. The van der Waals surface area contributed by atoms with Crippen LogP contribution < -0.4 is 5.73 Å². The normalized spacial score (nSPS) is 17.8. The predicted molar refractivity (Wildman–Crippen MR) is 79.4 cm³/mol. The molecule has 17 heavy (non-hydrogen) atoms. The molecule has 2 N–H and O–H groups in total. The number of halogens is 3. The van der Waals surface area contributed by atoms with Crippen LogP contribution in [0.5, 0.6) is 0 Å². The third kappa shape index (κ3) is 4.48. The molecule has 0 atom stereocenters. The second kappa shape index (κ2) is 7.04. The lowest BCUT2D eigenvalue weighted by molar-refractivity contribution is 0.203. The third-order valence-electron chi connectivity index (χ3n) is 2.89. The Morgan fingerprint density at radius 1 is 1.35 bits per heavy atom. The lowest BCUT2D eigenvalue weighted by atomic mass is 10.1. The van der Waals surface area contributed by atoms with Crippen molar-refractivity contribution in [2.75, 3.05) is 13.1 Å². The number of pyridine rings is 1. The second-order valence-electron chi connectivity index (χ2n) is 4.20. The molecule has 0 aromatic carbocycles. The Hall–Kier alpha value is 0.320. The topological polar surface area (TPSA) is 42.1 Å². The fraction of sp³-hybridized carbons (Fsp3) is 0.545. The average Bonchev–Trinajstić information content (AvgIpc) is 2.25. The summed E-state index contributed by atoms with van der Waals surface area (Å²) in [5.74, 6) is 0. The van der Waals surface area contributed by atoms with E-state index in [4.69, 9.17) is 5.73 Å². The van der Waals surface area contributed by atoms with Gasteiger partial charge >= 0.3 is 0 Å². The van der Waals surface area contributed by atoms with Crippen molar-refractivity contribution >= 4 is 44.3 Å². The molecule has 0 amide bonds. The summed E-state index contributed by atoms with van der Waals surface area (Å²) in [5, 5.41) is 0. The van der Waals surface area contributed by atoms with Crippen LogP contribution in [0.15, 0.2) is 21.2 Å². The van der Waals surface area contributed by atoms with Gasteiger partial charge < -0.3 is 5.73 Å². The minimum atomic E-state index is 0. The van der Waals surface area contributed by atoms with E-state index < -0.39 is 0 Å². The number of hydrogen-bond donors (Lipinski definition) is 1. The Morgan fingerprint density at radius 3 is 2.59 bits per heavy atom. The van der Waals surface area contributed by atoms with Crippen molar-refractivity contribution < 1.29 is 0 Å². The molecule has 1 aromatic heterocycles. The van der Waals surface area contributed by atoms with Crippen LogP contribution in [0.2, 0.25) is 0 Å². The molecule has 1 aliphatic rings. The van der Waals surface area contributed by atoms with E-state index in [2.05, 4.69) is 41.7 Å². The molecule has 3 nitrogen and oxygen atoms in total. The molecule has 1 saturated heterocycles. The summed E-state index contributed by atoms with van der Waals surface area (Å²) in [7, 11) is 0. The SMILES string of the molecule is Cl.NC1CCN(Cc2ncc(Br)cc2Br)CC1. The first kappa shape index (κ1) is 15.4. The minimum absolute atomic E-state index is 0. The van der Waals surface area contributed by atoms with Crippen LogP contribution in [0, 0.1) is 0 Å². The highest BCUT2D eigenvalue weighted by Crippen LogP contribution is 2.21. The van der Waals surface area contributed by atoms with Gasteiger partial charge in [0.1, 0.15) is 0 Å². The smallest absolute Gasteiger partial charge is 0.0686 e. The summed E-state index contributed by atoms with van der Waals surface area (Å²) < 4.78 is 2.07. The molecule has 0 spiro atoms. The van der Waals surface area contributed by atoms with E-state index in [1.54, 1.807) is 0 Å². The van der Waals surface area contributed by atoms with Crippen LogP contribution in [0.3, 0.4) is 0 Å². The van der Waals surface area contributed by atoms with Gasteiger partial charge in [0.2, 0.25) is 0 Å². The van der Waals surface area contributed by atoms with Crippen molar-refractivity contribution in [1.82, 2.24) is 9.88 Å². The highest BCUT2D eigenvalue weighted by molar-refractivity contribution is 9.11. The van der Waals surface area contributed by atoms with Crippen molar-refractivity contribution in [3.05, 3.63) is 26.9 Å². The van der Waals surface area contributed by atoms with Crippen LogP contribution in [-0.2, 0) is 6.54 Å². The number of rotatable bonds is 2. The van der Waals surface area contributed by atoms with Crippen molar-refractivity contribution in [3.8, 4) is 0 Å². The highest BCUT2D eigenvalue weighted by atomic mass is 79.9. The zero-order chi connectivity index (χ0) is 11.5. The molecule has 1 aromatic rings. The highest BCUT2D eigenvalue weighted by Gasteiger charge is 2.17. The monoisotopic (exact) mass is 383 g/mol. The molecule has 0 aliphatic carbocycles. The molecular weight excluding hydrogens is 369 g/mol. The van der Waals surface area contributed by atoms with Crippen LogP contribution in [0.4, 0.5) is 0 Å². The number of hydrogen-bond acceptors (Lipinski definition) is 3. The molecule has 6 heteroatoms. The van der Waals surface area contributed by atoms with Gasteiger partial charge in [-0.05, 0) is 50.8 Å². The number of nitrogens with two attached hydrogens (primary N) is 1. The summed E-state index contributed by atoms with van der Waals surface area (Å²) in [4.78, 5) is 6.83. The van der Waals surface area contributed by atoms with Gasteiger partial charge in [0, 0.05) is 40.8 Å². The summed E-state index contributed by atoms with van der Waals surface area (Å²) in [6.45, 7) is 3.05. The van der Waals surface area contributed by atoms with Crippen LogP contribution in [0.25, 0.3) is 0 Å². The van der Waals surface area contributed by atoms with Gasteiger partial charge in [-0.1, -0.05) is 0 Å². The minimum Gasteiger partial charge on any atom is -0.328 e. The summed E-state index contributed by atoms with van der Waals surface area (Å²) in [6.07, 6.45) is 4.03. The molecule has 2 rings (SSSR count). The lowest BCUT2D eigenvalue weighted by Gasteiger charge is -2.29. The number of likely N-dealkylation sites (tertiary alicyclic amines) is 1. The van der Waals surface area contributed by atoms with Crippen LogP contribution >= 0.6 is 44.3 Å². The molecule has 0 saturated carbocycles. The molecule has 0 bridgehead atoms. The lowest BCUT2D eigenvalue weighted by Crippen LogP contribution is -2.39. The fourth-order valence-electron chi connectivity index (χ4n) is 1.88. The van der Waals surface area contributed by atoms with E-state index in [0.29, 0.717) is 6.04 Å². The van der Waals surface area contributed by atoms with E-state index in [0.717, 1.165) is 47.1 Å². The Balaban J connectivity index is 0.00000144. The van der Waals surface area contributed by atoms with Gasteiger partial charge in [-0.3, -0.25) is 9.88 Å². The van der Waals surface area contributed by atoms with E-state index in [9.17, 15) is 0 Å². The van der Waals surface area contributed by atoms with E-state index in [1.807, 2.05) is 12.3 Å². The van der Waals surface area contributed by atoms with Gasteiger partial charge in [-0.25, -0.2) is 0 Å². The fourth-order valence-corrected chi connectivity index (χ4v) is 2.99. The summed E-state index contributed by atoms with van der Waals surface area (Å²) in [5.41, 5.74) is 6.98. The van der Waals surface area contributed by atoms with E-state index >= 15 is 0 Å². The Bertz CT molecular complexity index is 368. The molecule has 96 valence electrons. The zero-order valence-corrected chi connectivity index (χ0v) is 13.4. The van der Waals surface area contributed by atoms with Crippen molar-refractivity contribution in [2.24, 2.45) is 5.73 Å². The van der Waals surface area contributed by atoms with Crippen LogP contribution in [0.1, 0.15) is 18.5 Å². The summed E-state index contributed by atoms with van der Waals surface area (Å²) >= 11 is 6.95. The van der Waals surface area contributed by atoms with Gasteiger partial charge in [-0.15, -0.1) is 12.4 Å². The van der Waals surface area contributed by atoms with E-state index in [-0.39, 0.29) is 12.4 Å². The van der Waals surface area contributed by atoms with Crippen molar-refractivity contribution in [3.63, 3.8) is 0 Å². The van der Waals surface area contributed by atoms with Crippen molar-refractivity contribution in [2.45, 2.75) is 25.4 Å². The van der Waals surface area contributed by atoms with Crippen LogP contribution in [-0.4, -0.2) is 29.0 Å². The van der Waals surface area contributed by atoms with Gasteiger partial charge in [0.05, 0.1) is 5.69 Å². The first-order chi connectivity index (χ1) is 7.65. The number of piperidine rings is 1. The zero-order valence-electron chi connectivity index (χ0n) is 9.40. The first-order valence-corrected chi connectivity index (χ1v) is 7.01. The van der Waals surface area contributed by atoms with E-state index in [1.165, 1.54) is 0 Å². The average molecular weight is 386 g/mol. The van der Waals surface area contributed by atoms with Crippen molar-refractivity contribution in [1.29, 1.82) is 0 Å². The molecule has 0 radical (unpaired) electrons. The third-order valence-corrected chi connectivity index (χ3v) is 4.01. The van der Waals surface area contributed by atoms with Gasteiger partial charge in [-0.2, -0.15) is 0 Å².